The molecule has 1 heterocycles. The number of benzene rings is 2. The Morgan fingerprint density at radius 2 is 1.71 bits per heavy atom. The molecule has 0 saturated carbocycles. The highest BCUT2D eigenvalue weighted by molar-refractivity contribution is 5.95. The number of amides is 1. The van der Waals surface area contributed by atoms with Crippen LogP contribution in [0.25, 0.3) is 11.4 Å². The Morgan fingerprint density at radius 3 is 2.32 bits per heavy atom. The van der Waals surface area contributed by atoms with Gasteiger partial charge in [0.25, 0.3) is 11.5 Å². The van der Waals surface area contributed by atoms with Crippen molar-refractivity contribution in [1.82, 2.24) is 14.9 Å². The molecule has 3 aromatic rings. The van der Waals surface area contributed by atoms with Crippen LogP contribution in [-0.4, -0.2) is 32.9 Å². The van der Waals surface area contributed by atoms with E-state index in [2.05, 4.69) is 9.97 Å². The van der Waals surface area contributed by atoms with Crippen LogP contribution in [0.4, 0.5) is 13.2 Å². The summed E-state index contributed by atoms with van der Waals surface area (Å²) in [4.78, 5) is 31.5. The van der Waals surface area contributed by atoms with E-state index in [1.807, 2.05) is 0 Å². The van der Waals surface area contributed by atoms with Gasteiger partial charge in [-0.25, -0.2) is 18.2 Å². The molecule has 1 amide bonds. The molecule has 144 valence electrons. The highest BCUT2D eigenvalue weighted by Gasteiger charge is 2.24. The first-order valence-electron chi connectivity index (χ1n) is 8.05. The Morgan fingerprint density at radius 1 is 1.11 bits per heavy atom. The van der Waals surface area contributed by atoms with Crippen LogP contribution in [-0.2, 0) is 6.54 Å². The zero-order valence-electron chi connectivity index (χ0n) is 14.5. The zero-order chi connectivity index (χ0) is 20.4. The SMILES string of the molecule is CN(Cc1ccc(F)cc1)C(=O)c1nc(-c2c(F)cccc2F)[nH]c(=O)c1O. The third-order valence-corrected chi connectivity index (χ3v) is 3.98. The third kappa shape index (κ3) is 3.73. The molecule has 0 atom stereocenters. The summed E-state index contributed by atoms with van der Waals surface area (Å²) >= 11 is 0. The van der Waals surface area contributed by atoms with Crippen LogP contribution in [0.3, 0.4) is 0 Å². The van der Waals surface area contributed by atoms with E-state index in [1.54, 1.807) is 0 Å². The summed E-state index contributed by atoms with van der Waals surface area (Å²) < 4.78 is 41.0. The van der Waals surface area contributed by atoms with Gasteiger partial charge in [0, 0.05) is 13.6 Å². The van der Waals surface area contributed by atoms with Gasteiger partial charge in [0.15, 0.2) is 5.69 Å². The van der Waals surface area contributed by atoms with E-state index >= 15 is 0 Å². The second-order valence-corrected chi connectivity index (χ2v) is 6.00. The van der Waals surface area contributed by atoms with Crippen LogP contribution in [0, 0.1) is 17.5 Å². The molecule has 6 nitrogen and oxygen atoms in total. The summed E-state index contributed by atoms with van der Waals surface area (Å²) in [5.74, 6) is -4.79. The first kappa shape index (κ1) is 19.2. The molecule has 2 N–H and O–H groups in total. The number of aromatic nitrogens is 2. The maximum absolute atomic E-state index is 14.0. The first-order valence-corrected chi connectivity index (χ1v) is 8.05. The van der Waals surface area contributed by atoms with E-state index in [1.165, 1.54) is 31.3 Å². The standard InChI is InChI=1S/C19H14F3N3O3/c1-25(9-10-5-7-11(20)8-6-10)19(28)15-16(26)18(27)24-17(23-15)14-12(21)3-2-4-13(14)22/h2-8,26H,9H2,1H3,(H,23,24,27). The number of rotatable bonds is 4. The number of nitrogens with one attached hydrogen (secondary N) is 1. The lowest BCUT2D eigenvalue weighted by molar-refractivity contribution is 0.0775. The fraction of sp³-hybridized carbons (Fsp3) is 0.105. The van der Waals surface area contributed by atoms with Gasteiger partial charge in [-0.2, -0.15) is 0 Å². The molecular formula is C19H14F3N3O3. The van der Waals surface area contributed by atoms with Gasteiger partial charge >= 0.3 is 0 Å². The fourth-order valence-electron chi connectivity index (χ4n) is 2.57. The van der Waals surface area contributed by atoms with E-state index in [0.717, 1.165) is 23.1 Å². The monoisotopic (exact) mass is 389 g/mol. The third-order valence-electron chi connectivity index (χ3n) is 3.98. The molecule has 28 heavy (non-hydrogen) atoms. The number of nitrogens with zero attached hydrogens (tertiary/aromatic N) is 2. The average Bonchev–Trinajstić information content (AvgIpc) is 2.65. The van der Waals surface area contributed by atoms with Crippen LogP contribution in [0.2, 0.25) is 0 Å². The number of hydrogen-bond donors (Lipinski definition) is 2. The van der Waals surface area contributed by atoms with Crippen molar-refractivity contribution in [2.24, 2.45) is 0 Å². The summed E-state index contributed by atoms with van der Waals surface area (Å²) in [7, 11) is 1.37. The van der Waals surface area contributed by atoms with Gasteiger partial charge in [0.2, 0.25) is 5.75 Å². The minimum absolute atomic E-state index is 0.0242. The average molecular weight is 389 g/mol. The molecule has 2 aromatic carbocycles. The molecule has 9 heteroatoms. The molecule has 1 aromatic heterocycles. The van der Waals surface area contributed by atoms with Crippen LogP contribution in [0.5, 0.6) is 5.75 Å². The van der Waals surface area contributed by atoms with Gasteiger partial charge < -0.3 is 15.0 Å². The van der Waals surface area contributed by atoms with Crippen molar-refractivity contribution in [1.29, 1.82) is 0 Å². The van der Waals surface area contributed by atoms with Gasteiger partial charge in [-0.1, -0.05) is 18.2 Å². The van der Waals surface area contributed by atoms with Crippen molar-refractivity contribution in [2.45, 2.75) is 6.54 Å². The van der Waals surface area contributed by atoms with E-state index < -0.39 is 51.7 Å². The number of aromatic amines is 1. The molecule has 0 aliphatic carbocycles. The van der Waals surface area contributed by atoms with E-state index in [9.17, 15) is 27.9 Å². The van der Waals surface area contributed by atoms with Gasteiger partial charge in [0.1, 0.15) is 23.3 Å². The van der Waals surface area contributed by atoms with Crippen molar-refractivity contribution in [2.75, 3.05) is 7.05 Å². The number of carbonyl (C=O) groups excluding carboxylic acids is 1. The van der Waals surface area contributed by atoms with Crippen LogP contribution < -0.4 is 5.56 Å². The van der Waals surface area contributed by atoms with Gasteiger partial charge in [0.05, 0.1) is 5.56 Å². The molecule has 0 saturated heterocycles. The maximum atomic E-state index is 14.0. The molecule has 0 spiro atoms. The summed E-state index contributed by atoms with van der Waals surface area (Å²) in [6.45, 7) is 0.0242. The number of halogens is 3. The second-order valence-electron chi connectivity index (χ2n) is 6.00. The van der Waals surface area contributed by atoms with Gasteiger partial charge in [-0.05, 0) is 29.8 Å². The molecule has 3 rings (SSSR count). The highest BCUT2D eigenvalue weighted by Crippen LogP contribution is 2.24. The lowest BCUT2D eigenvalue weighted by Crippen LogP contribution is -2.29. The lowest BCUT2D eigenvalue weighted by atomic mass is 10.1. The van der Waals surface area contributed by atoms with Crippen LogP contribution >= 0.6 is 0 Å². The highest BCUT2D eigenvalue weighted by atomic mass is 19.1. The number of H-pyrrole nitrogens is 1. The molecule has 0 bridgehead atoms. The van der Waals surface area contributed by atoms with Crippen LogP contribution in [0.1, 0.15) is 16.1 Å². The minimum atomic E-state index is -1.12. The van der Waals surface area contributed by atoms with Crippen molar-refractivity contribution in [3.8, 4) is 17.1 Å². The van der Waals surface area contributed by atoms with Crippen LogP contribution in [0.15, 0.2) is 47.3 Å². The minimum Gasteiger partial charge on any atom is -0.501 e. The van der Waals surface area contributed by atoms with Crippen molar-refractivity contribution < 1.29 is 23.1 Å². The Labute approximate surface area is 156 Å². The molecule has 0 radical (unpaired) electrons. The molecular weight excluding hydrogens is 375 g/mol. The van der Waals surface area contributed by atoms with Gasteiger partial charge in [-0.3, -0.25) is 9.59 Å². The first-order chi connectivity index (χ1) is 13.3. The number of hydrogen-bond acceptors (Lipinski definition) is 4. The van der Waals surface area contributed by atoms with E-state index in [0.29, 0.717) is 5.56 Å². The Kier molecular flexibility index (Phi) is 5.16. The van der Waals surface area contributed by atoms with Crippen molar-refractivity contribution >= 4 is 5.91 Å². The molecule has 0 unspecified atom stereocenters. The molecule has 0 aliphatic rings. The quantitative estimate of drug-likeness (QED) is 0.719. The number of carbonyl (C=O) groups is 1. The summed E-state index contributed by atoms with van der Waals surface area (Å²) in [5, 5.41) is 9.94. The Balaban J connectivity index is 1.99. The Hall–Kier alpha value is -3.62. The van der Waals surface area contributed by atoms with Gasteiger partial charge in [-0.15, -0.1) is 0 Å². The summed E-state index contributed by atoms with van der Waals surface area (Å²) in [6, 6.07) is 8.43. The maximum Gasteiger partial charge on any atom is 0.294 e. The van der Waals surface area contributed by atoms with E-state index in [-0.39, 0.29) is 6.54 Å². The second kappa shape index (κ2) is 7.55. The topological polar surface area (TPSA) is 86.3 Å². The number of aromatic hydroxyl groups is 1. The normalized spacial score (nSPS) is 10.7. The molecule has 0 aliphatic heterocycles. The largest absolute Gasteiger partial charge is 0.501 e. The predicted octanol–water partition coefficient (Wildman–Crippen LogP) is 2.83. The fourth-order valence-corrected chi connectivity index (χ4v) is 2.57. The molecule has 0 fully saturated rings. The Bertz CT molecular complexity index is 1080. The smallest absolute Gasteiger partial charge is 0.294 e. The summed E-state index contributed by atoms with van der Waals surface area (Å²) in [5.41, 5.74) is -1.83. The summed E-state index contributed by atoms with van der Waals surface area (Å²) in [6.07, 6.45) is 0. The lowest BCUT2D eigenvalue weighted by Gasteiger charge is -2.17. The van der Waals surface area contributed by atoms with Crippen molar-refractivity contribution in [3.63, 3.8) is 0 Å². The van der Waals surface area contributed by atoms with E-state index in [4.69, 9.17) is 0 Å². The predicted molar refractivity (Wildman–Crippen MR) is 94.1 cm³/mol. The zero-order valence-corrected chi connectivity index (χ0v) is 14.5. The van der Waals surface area contributed by atoms with Crippen molar-refractivity contribution in [3.05, 3.63) is 81.5 Å².